The lowest BCUT2D eigenvalue weighted by Crippen LogP contribution is -2.44. The van der Waals surface area contributed by atoms with Gasteiger partial charge in [-0.3, -0.25) is 9.59 Å². The molecule has 6 heteroatoms. The maximum atomic E-state index is 13.7. The van der Waals surface area contributed by atoms with Crippen molar-refractivity contribution in [2.45, 2.75) is 38.9 Å². The Morgan fingerprint density at radius 2 is 2.00 bits per heavy atom. The number of halogens is 2. The molecular formula is C14H16F2N2O2. The molecule has 2 amide bonds. The summed E-state index contributed by atoms with van der Waals surface area (Å²) in [6.45, 7) is 3.34. The molecule has 0 saturated carbocycles. The van der Waals surface area contributed by atoms with E-state index in [0.717, 1.165) is 12.1 Å². The first-order valence-electron chi connectivity index (χ1n) is 6.42. The van der Waals surface area contributed by atoms with Crippen LogP contribution in [0.25, 0.3) is 0 Å². The van der Waals surface area contributed by atoms with Gasteiger partial charge in [0.05, 0.1) is 0 Å². The van der Waals surface area contributed by atoms with Crippen LogP contribution in [-0.2, 0) is 16.1 Å². The predicted octanol–water partition coefficient (Wildman–Crippen LogP) is 1.59. The maximum Gasteiger partial charge on any atom is 0.245 e. The molecule has 1 N–H and O–H groups in total. The summed E-state index contributed by atoms with van der Waals surface area (Å²) in [6.07, 6.45) is 0.166. The Bertz CT molecular complexity index is 548. The number of carbonyl (C=O) groups excluding carboxylic acids is 2. The Morgan fingerprint density at radius 3 is 2.65 bits per heavy atom. The lowest BCUT2D eigenvalue weighted by molar-refractivity contribution is -0.135. The summed E-state index contributed by atoms with van der Waals surface area (Å²) in [6, 6.07) is 2.27. The van der Waals surface area contributed by atoms with E-state index in [1.54, 1.807) is 13.8 Å². The first kappa shape index (κ1) is 14.4. The van der Waals surface area contributed by atoms with E-state index in [0.29, 0.717) is 0 Å². The SMILES string of the molecule is CC1NC(=O)CC(C)N(Cc2ccc(F)cc2F)C1=O. The van der Waals surface area contributed by atoms with Gasteiger partial charge in [-0.15, -0.1) is 0 Å². The van der Waals surface area contributed by atoms with Gasteiger partial charge in [-0.25, -0.2) is 8.78 Å². The molecule has 1 heterocycles. The molecule has 1 aromatic rings. The summed E-state index contributed by atoms with van der Waals surface area (Å²) < 4.78 is 26.6. The Morgan fingerprint density at radius 1 is 1.30 bits per heavy atom. The summed E-state index contributed by atoms with van der Waals surface area (Å²) in [7, 11) is 0. The number of rotatable bonds is 2. The number of hydrogen-bond acceptors (Lipinski definition) is 2. The van der Waals surface area contributed by atoms with Gasteiger partial charge in [0.1, 0.15) is 17.7 Å². The molecule has 0 radical (unpaired) electrons. The molecule has 2 unspecified atom stereocenters. The standard InChI is InChI=1S/C14H16F2N2O2/c1-8-5-13(19)17-9(2)14(20)18(8)7-10-3-4-11(15)6-12(10)16/h3-4,6,8-9H,5,7H2,1-2H3,(H,17,19). The molecule has 108 valence electrons. The highest BCUT2D eigenvalue weighted by molar-refractivity contribution is 5.90. The zero-order chi connectivity index (χ0) is 14.9. The van der Waals surface area contributed by atoms with Gasteiger partial charge in [0.15, 0.2) is 0 Å². The van der Waals surface area contributed by atoms with Crippen molar-refractivity contribution in [1.29, 1.82) is 0 Å². The minimum absolute atomic E-state index is 0.0193. The molecule has 1 aliphatic heterocycles. The normalized spacial score (nSPS) is 23.5. The average Bonchev–Trinajstić information content (AvgIpc) is 2.44. The molecule has 0 bridgehead atoms. The average molecular weight is 282 g/mol. The highest BCUT2D eigenvalue weighted by Crippen LogP contribution is 2.18. The third-order valence-corrected chi connectivity index (χ3v) is 3.40. The van der Waals surface area contributed by atoms with Crippen LogP contribution in [0.4, 0.5) is 8.78 Å². The quantitative estimate of drug-likeness (QED) is 0.895. The fraction of sp³-hybridized carbons (Fsp3) is 0.429. The largest absolute Gasteiger partial charge is 0.345 e. The molecule has 4 nitrogen and oxygen atoms in total. The van der Waals surface area contributed by atoms with Crippen LogP contribution in [0.15, 0.2) is 18.2 Å². The number of nitrogens with one attached hydrogen (secondary N) is 1. The molecule has 1 aromatic carbocycles. The van der Waals surface area contributed by atoms with Crippen molar-refractivity contribution >= 4 is 11.8 Å². The van der Waals surface area contributed by atoms with Gasteiger partial charge >= 0.3 is 0 Å². The lowest BCUT2D eigenvalue weighted by Gasteiger charge is -2.28. The Balaban J connectivity index is 2.25. The molecule has 20 heavy (non-hydrogen) atoms. The second-order valence-electron chi connectivity index (χ2n) is 5.04. The van der Waals surface area contributed by atoms with E-state index in [4.69, 9.17) is 0 Å². The fourth-order valence-corrected chi connectivity index (χ4v) is 2.27. The molecule has 0 aromatic heterocycles. The monoisotopic (exact) mass is 282 g/mol. The first-order chi connectivity index (χ1) is 9.38. The van der Waals surface area contributed by atoms with Crippen molar-refractivity contribution in [3.05, 3.63) is 35.4 Å². The van der Waals surface area contributed by atoms with Crippen molar-refractivity contribution in [1.82, 2.24) is 10.2 Å². The van der Waals surface area contributed by atoms with E-state index in [1.807, 2.05) is 0 Å². The highest BCUT2D eigenvalue weighted by atomic mass is 19.1. The summed E-state index contributed by atoms with van der Waals surface area (Å²) in [5.74, 6) is -1.83. The molecule has 1 aliphatic rings. The summed E-state index contributed by atoms with van der Waals surface area (Å²) >= 11 is 0. The van der Waals surface area contributed by atoms with Gasteiger partial charge in [0, 0.05) is 30.6 Å². The zero-order valence-corrected chi connectivity index (χ0v) is 11.3. The molecule has 1 saturated heterocycles. The molecule has 1 fully saturated rings. The van der Waals surface area contributed by atoms with Gasteiger partial charge in [-0.2, -0.15) is 0 Å². The maximum absolute atomic E-state index is 13.7. The van der Waals surface area contributed by atoms with E-state index in [-0.39, 0.29) is 36.4 Å². The van der Waals surface area contributed by atoms with E-state index < -0.39 is 17.7 Å². The minimum atomic E-state index is -0.693. The number of benzene rings is 1. The van der Waals surface area contributed by atoms with E-state index >= 15 is 0 Å². The van der Waals surface area contributed by atoms with Crippen LogP contribution in [0, 0.1) is 11.6 Å². The smallest absolute Gasteiger partial charge is 0.245 e. The van der Waals surface area contributed by atoms with Crippen LogP contribution in [0.1, 0.15) is 25.8 Å². The van der Waals surface area contributed by atoms with Crippen LogP contribution in [0.3, 0.4) is 0 Å². The van der Waals surface area contributed by atoms with Crippen molar-refractivity contribution < 1.29 is 18.4 Å². The number of amides is 2. The number of hydrogen-bond donors (Lipinski definition) is 1. The van der Waals surface area contributed by atoms with Gasteiger partial charge in [-0.1, -0.05) is 6.07 Å². The molecule has 0 aliphatic carbocycles. The number of nitrogens with zero attached hydrogens (tertiary/aromatic N) is 1. The van der Waals surface area contributed by atoms with Gasteiger partial charge < -0.3 is 10.2 Å². The van der Waals surface area contributed by atoms with Crippen LogP contribution >= 0.6 is 0 Å². The zero-order valence-electron chi connectivity index (χ0n) is 11.3. The molecular weight excluding hydrogens is 266 g/mol. The van der Waals surface area contributed by atoms with Gasteiger partial charge in [0.25, 0.3) is 0 Å². The molecule has 2 atom stereocenters. The van der Waals surface area contributed by atoms with Crippen LogP contribution < -0.4 is 5.32 Å². The van der Waals surface area contributed by atoms with Gasteiger partial charge in [-0.05, 0) is 19.9 Å². The summed E-state index contributed by atoms with van der Waals surface area (Å²) in [5.41, 5.74) is 0.230. The summed E-state index contributed by atoms with van der Waals surface area (Å²) in [5, 5.41) is 2.58. The van der Waals surface area contributed by atoms with Crippen LogP contribution in [0.2, 0.25) is 0 Å². The number of carbonyl (C=O) groups is 2. The third kappa shape index (κ3) is 2.95. The third-order valence-electron chi connectivity index (χ3n) is 3.40. The van der Waals surface area contributed by atoms with Crippen molar-refractivity contribution in [3.8, 4) is 0 Å². The van der Waals surface area contributed by atoms with Crippen LogP contribution in [-0.4, -0.2) is 28.8 Å². The second kappa shape index (κ2) is 5.56. The van der Waals surface area contributed by atoms with E-state index in [9.17, 15) is 18.4 Å². The molecule has 2 rings (SSSR count). The predicted molar refractivity (Wildman–Crippen MR) is 68.6 cm³/mol. The van der Waals surface area contributed by atoms with Crippen molar-refractivity contribution in [2.75, 3.05) is 0 Å². The fourth-order valence-electron chi connectivity index (χ4n) is 2.27. The summed E-state index contributed by atoms with van der Waals surface area (Å²) in [4.78, 5) is 25.2. The minimum Gasteiger partial charge on any atom is -0.345 e. The van der Waals surface area contributed by atoms with Gasteiger partial charge in [0.2, 0.25) is 11.8 Å². The Kier molecular flexibility index (Phi) is 4.01. The van der Waals surface area contributed by atoms with Crippen LogP contribution in [0.5, 0.6) is 0 Å². The Hall–Kier alpha value is -1.98. The van der Waals surface area contributed by atoms with E-state index in [2.05, 4.69) is 5.32 Å². The molecule has 0 spiro atoms. The Labute approximate surface area is 115 Å². The topological polar surface area (TPSA) is 49.4 Å². The van der Waals surface area contributed by atoms with Crippen molar-refractivity contribution in [3.63, 3.8) is 0 Å². The lowest BCUT2D eigenvalue weighted by atomic mass is 10.1. The van der Waals surface area contributed by atoms with E-state index in [1.165, 1.54) is 11.0 Å². The highest BCUT2D eigenvalue weighted by Gasteiger charge is 2.31. The first-order valence-corrected chi connectivity index (χ1v) is 6.42. The second-order valence-corrected chi connectivity index (χ2v) is 5.04. The van der Waals surface area contributed by atoms with Crippen molar-refractivity contribution in [2.24, 2.45) is 0 Å².